The number of alkyl halides is 2. The van der Waals surface area contributed by atoms with Gasteiger partial charge in [-0.1, -0.05) is 6.42 Å². The first kappa shape index (κ1) is 22.3. The van der Waals surface area contributed by atoms with Gasteiger partial charge in [0.15, 0.2) is 5.65 Å². The number of aryl methyl sites for hydroxylation is 3. The number of carbonyl (C=O) groups excluding carboxylic acids is 2. The van der Waals surface area contributed by atoms with Crippen molar-refractivity contribution in [3.05, 3.63) is 39.0 Å². The van der Waals surface area contributed by atoms with Gasteiger partial charge in [0.05, 0.1) is 23.8 Å². The lowest BCUT2D eigenvalue weighted by Crippen LogP contribution is -2.21. The van der Waals surface area contributed by atoms with E-state index in [4.69, 9.17) is 4.74 Å². The molecular formula is C22H24F2N4O3S. The van der Waals surface area contributed by atoms with Crippen LogP contribution in [-0.2, 0) is 28.9 Å². The number of ether oxygens (including phenoxy) is 1. The molecule has 3 aromatic heterocycles. The van der Waals surface area contributed by atoms with Crippen LogP contribution in [0.3, 0.4) is 0 Å². The molecule has 32 heavy (non-hydrogen) atoms. The number of thiophene rings is 1. The molecule has 3 heterocycles. The van der Waals surface area contributed by atoms with Gasteiger partial charge in [-0.25, -0.2) is 23.2 Å². The number of carbonyl (C=O) groups is 2. The molecule has 0 unspecified atom stereocenters. The smallest absolute Gasteiger partial charge is 0.341 e. The number of methoxy groups -OCH3 is 1. The minimum absolute atomic E-state index is 0.147. The third-order valence-corrected chi connectivity index (χ3v) is 6.84. The zero-order valence-corrected chi connectivity index (χ0v) is 18.9. The summed E-state index contributed by atoms with van der Waals surface area (Å²) in [4.78, 5) is 30.8. The van der Waals surface area contributed by atoms with Crippen molar-refractivity contribution in [1.29, 1.82) is 0 Å². The molecule has 0 spiro atoms. The summed E-state index contributed by atoms with van der Waals surface area (Å²) in [6.07, 6.45) is 2.09. The van der Waals surface area contributed by atoms with Gasteiger partial charge in [-0.2, -0.15) is 5.10 Å². The van der Waals surface area contributed by atoms with Crippen LogP contribution in [0.4, 0.5) is 13.8 Å². The molecule has 0 radical (unpaired) electrons. The zero-order valence-electron chi connectivity index (χ0n) is 18.1. The Hall–Kier alpha value is -2.88. The lowest BCUT2D eigenvalue weighted by Gasteiger charge is -2.09. The molecule has 0 fully saturated rings. The fourth-order valence-corrected chi connectivity index (χ4v) is 5.54. The van der Waals surface area contributed by atoms with Crippen LogP contribution in [0.2, 0.25) is 0 Å². The van der Waals surface area contributed by atoms with E-state index in [2.05, 4.69) is 15.4 Å². The van der Waals surface area contributed by atoms with Crippen molar-refractivity contribution in [2.75, 3.05) is 12.4 Å². The number of halogens is 2. The number of fused-ring (bicyclic) bond motifs is 2. The summed E-state index contributed by atoms with van der Waals surface area (Å²) in [7, 11) is 1.32. The number of aromatic nitrogens is 3. The van der Waals surface area contributed by atoms with Gasteiger partial charge in [-0.15, -0.1) is 11.3 Å². The van der Waals surface area contributed by atoms with E-state index in [0.29, 0.717) is 22.0 Å². The van der Waals surface area contributed by atoms with Gasteiger partial charge in [0, 0.05) is 16.1 Å². The summed E-state index contributed by atoms with van der Waals surface area (Å²) in [5.74, 6) is -0.892. The minimum atomic E-state index is -2.67. The Labute approximate surface area is 187 Å². The monoisotopic (exact) mass is 462 g/mol. The van der Waals surface area contributed by atoms with Crippen molar-refractivity contribution < 1.29 is 23.1 Å². The number of pyridine rings is 1. The summed E-state index contributed by atoms with van der Waals surface area (Å²) in [6, 6.07) is 1.34. The van der Waals surface area contributed by atoms with Crippen LogP contribution < -0.4 is 5.32 Å². The lowest BCUT2D eigenvalue weighted by molar-refractivity contribution is -0.116. The molecule has 1 N–H and O–H groups in total. The van der Waals surface area contributed by atoms with Gasteiger partial charge in [0.1, 0.15) is 11.5 Å². The van der Waals surface area contributed by atoms with Gasteiger partial charge in [0.2, 0.25) is 5.91 Å². The van der Waals surface area contributed by atoms with Crippen LogP contribution in [0.15, 0.2) is 6.07 Å². The molecule has 0 atom stereocenters. The first-order chi connectivity index (χ1) is 15.3. The van der Waals surface area contributed by atoms with Crippen molar-refractivity contribution in [3.63, 3.8) is 0 Å². The Kier molecular flexibility index (Phi) is 6.23. The maximum absolute atomic E-state index is 13.5. The Morgan fingerprint density at radius 1 is 1.25 bits per heavy atom. The highest BCUT2D eigenvalue weighted by molar-refractivity contribution is 7.17. The summed E-state index contributed by atoms with van der Waals surface area (Å²) in [5, 5.41) is 7.82. The number of nitrogens with zero attached hydrogens (tertiary/aromatic N) is 3. The number of rotatable bonds is 5. The zero-order chi connectivity index (χ0) is 23.0. The lowest BCUT2D eigenvalue weighted by atomic mass is 10.1. The first-order valence-electron chi connectivity index (χ1n) is 10.5. The van der Waals surface area contributed by atoms with Crippen LogP contribution >= 0.6 is 11.3 Å². The van der Waals surface area contributed by atoms with E-state index in [1.54, 1.807) is 13.8 Å². The molecule has 1 amide bonds. The number of hydrogen-bond donors (Lipinski definition) is 1. The highest BCUT2D eigenvalue weighted by Gasteiger charge is 2.27. The summed E-state index contributed by atoms with van der Waals surface area (Å²) in [6.45, 7) is 3.03. The maximum Gasteiger partial charge on any atom is 0.341 e. The Balaban J connectivity index is 1.65. The molecule has 0 aromatic carbocycles. The van der Waals surface area contributed by atoms with Gasteiger partial charge in [-0.3, -0.25) is 4.79 Å². The minimum Gasteiger partial charge on any atom is -0.465 e. The second-order valence-electron chi connectivity index (χ2n) is 7.90. The van der Waals surface area contributed by atoms with E-state index in [0.717, 1.165) is 42.5 Å². The van der Waals surface area contributed by atoms with Crippen molar-refractivity contribution >= 4 is 39.2 Å². The predicted molar refractivity (Wildman–Crippen MR) is 118 cm³/mol. The second kappa shape index (κ2) is 8.93. The number of nitrogens with one attached hydrogen (secondary N) is 1. The average Bonchev–Trinajstić information content (AvgIpc) is 3.12. The molecule has 1 aliphatic carbocycles. The van der Waals surface area contributed by atoms with E-state index in [-0.39, 0.29) is 23.1 Å². The SMILES string of the molecule is COC(=O)c1c(NC(=O)Cn2nc(C)c3c(C(F)F)cc(C)nc32)sc2c1CCCCC2. The predicted octanol–water partition coefficient (Wildman–Crippen LogP) is 4.74. The maximum atomic E-state index is 13.5. The Bertz CT molecular complexity index is 1200. The normalized spacial score (nSPS) is 13.8. The van der Waals surface area contributed by atoms with Gasteiger partial charge in [0.25, 0.3) is 6.43 Å². The fourth-order valence-electron chi connectivity index (χ4n) is 4.25. The van der Waals surface area contributed by atoms with E-state index in [1.807, 2.05) is 0 Å². The third-order valence-electron chi connectivity index (χ3n) is 5.63. The molecule has 3 aromatic rings. The molecule has 0 aliphatic heterocycles. The van der Waals surface area contributed by atoms with Crippen molar-refractivity contribution in [3.8, 4) is 0 Å². The van der Waals surface area contributed by atoms with Crippen LogP contribution in [-0.4, -0.2) is 33.8 Å². The molecule has 170 valence electrons. The second-order valence-corrected chi connectivity index (χ2v) is 9.01. The quantitative estimate of drug-likeness (QED) is 0.437. The highest BCUT2D eigenvalue weighted by atomic mass is 32.1. The Morgan fingerprint density at radius 3 is 2.72 bits per heavy atom. The van der Waals surface area contributed by atoms with E-state index in [1.165, 1.54) is 29.2 Å². The summed E-state index contributed by atoms with van der Waals surface area (Å²) >= 11 is 1.40. The van der Waals surface area contributed by atoms with Crippen LogP contribution in [0.5, 0.6) is 0 Å². The van der Waals surface area contributed by atoms with Crippen molar-refractivity contribution in [1.82, 2.24) is 14.8 Å². The summed E-state index contributed by atoms with van der Waals surface area (Å²) < 4.78 is 33.3. The largest absolute Gasteiger partial charge is 0.465 e. The third kappa shape index (κ3) is 4.11. The molecule has 10 heteroatoms. The van der Waals surface area contributed by atoms with Crippen molar-refractivity contribution in [2.24, 2.45) is 0 Å². The number of anilines is 1. The van der Waals surface area contributed by atoms with Crippen LogP contribution in [0.25, 0.3) is 11.0 Å². The van der Waals surface area contributed by atoms with Crippen LogP contribution in [0.1, 0.15) is 63.4 Å². The van der Waals surface area contributed by atoms with E-state index < -0.39 is 18.3 Å². The van der Waals surface area contributed by atoms with E-state index >= 15 is 0 Å². The Morgan fingerprint density at radius 2 is 2.00 bits per heavy atom. The van der Waals surface area contributed by atoms with Gasteiger partial charge < -0.3 is 10.1 Å². The van der Waals surface area contributed by atoms with E-state index in [9.17, 15) is 18.4 Å². The first-order valence-corrected chi connectivity index (χ1v) is 11.3. The number of esters is 1. The van der Waals surface area contributed by atoms with Gasteiger partial charge >= 0.3 is 5.97 Å². The molecule has 4 rings (SSSR count). The van der Waals surface area contributed by atoms with Crippen LogP contribution in [0, 0.1) is 13.8 Å². The number of amides is 1. The van der Waals surface area contributed by atoms with Gasteiger partial charge in [-0.05, 0) is 51.2 Å². The molecule has 0 bridgehead atoms. The molecule has 0 saturated carbocycles. The molecule has 1 aliphatic rings. The average molecular weight is 463 g/mol. The summed E-state index contributed by atoms with van der Waals surface area (Å²) in [5.41, 5.74) is 2.26. The number of hydrogen-bond acceptors (Lipinski definition) is 6. The standard InChI is InChI=1S/C22H24F2N4O3S/c1-11-9-14(19(23)24)17-12(2)27-28(20(17)25-11)10-16(29)26-21-18(22(30)31-3)13-7-5-4-6-8-15(13)32-21/h9,19H,4-8,10H2,1-3H3,(H,26,29). The van der Waals surface area contributed by atoms with Crippen molar-refractivity contribution in [2.45, 2.75) is 58.9 Å². The highest BCUT2D eigenvalue weighted by Crippen LogP contribution is 2.38. The molecular weight excluding hydrogens is 438 g/mol. The molecule has 7 nitrogen and oxygen atoms in total. The molecule has 0 saturated heterocycles. The fraction of sp³-hybridized carbons (Fsp3) is 0.455. The topological polar surface area (TPSA) is 86.1 Å².